The minimum Gasteiger partial charge on any atom is -0.349 e. The highest BCUT2D eigenvalue weighted by Crippen LogP contribution is 2.30. The molecule has 0 bridgehead atoms. The first-order valence-electron chi connectivity index (χ1n) is 11.4. The molecule has 0 spiro atoms. The Morgan fingerprint density at radius 2 is 1.83 bits per heavy atom. The van der Waals surface area contributed by atoms with E-state index in [0.717, 1.165) is 17.7 Å². The molecule has 1 unspecified atom stereocenters. The summed E-state index contributed by atoms with van der Waals surface area (Å²) < 4.78 is 40.0. The fourth-order valence-electron chi connectivity index (χ4n) is 4.15. The summed E-state index contributed by atoms with van der Waals surface area (Å²) >= 11 is 0. The van der Waals surface area contributed by atoms with Gasteiger partial charge < -0.3 is 10.2 Å². The molecule has 4 rings (SSSR count). The second-order valence-electron chi connectivity index (χ2n) is 8.78. The third-order valence-electron chi connectivity index (χ3n) is 6.23. The number of nitrogens with zero attached hydrogens (tertiary/aromatic N) is 3. The third kappa shape index (κ3) is 5.13. The van der Waals surface area contributed by atoms with E-state index in [-0.39, 0.29) is 30.5 Å². The Morgan fingerprint density at radius 1 is 1.17 bits per heavy atom. The van der Waals surface area contributed by atoms with Gasteiger partial charge in [0, 0.05) is 18.5 Å². The highest BCUT2D eigenvalue weighted by atomic mass is 19.4. The smallest absolute Gasteiger partial charge is 0.349 e. The zero-order valence-corrected chi connectivity index (χ0v) is 19.9. The molecule has 36 heavy (non-hydrogen) atoms. The first kappa shape index (κ1) is 25.0. The molecule has 0 radical (unpaired) electrons. The highest BCUT2D eigenvalue weighted by molar-refractivity contribution is 5.94. The standard InChI is InChI=1S/C27H25F3N4O2/c1-4-14-34-25(36)22-16-33(24(35)20-7-5-17(2)6-8-20)15-13-23(22)32-26(34)31-18(3)19-9-11-21(12-10-19)27(28,29)30/h1,5-12,18H,13-16H2,2-3H3,(H,31,32). The number of anilines is 1. The summed E-state index contributed by atoms with van der Waals surface area (Å²) in [7, 11) is 0. The molecule has 1 aliphatic rings. The molecule has 186 valence electrons. The number of amides is 1. The number of fused-ring (bicyclic) bond motifs is 1. The van der Waals surface area contributed by atoms with Crippen LogP contribution in [-0.2, 0) is 25.7 Å². The van der Waals surface area contributed by atoms with Crippen molar-refractivity contribution in [1.29, 1.82) is 0 Å². The molecule has 9 heteroatoms. The van der Waals surface area contributed by atoms with Gasteiger partial charge >= 0.3 is 6.18 Å². The number of hydrogen-bond donors (Lipinski definition) is 1. The van der Waals surface area contributed by atoms with Gasteiger partial charge in [0.1, 0.15) is 0 Å². The third-order valence-corrected chi connectivity index (χ3v) is 6.23. The predicted octanol–water partition coefficient (Wildman–Crippen LogP) is 4.58. The molecular formula is C27H25F3N4O2. The molecule has 6 nitrogen and oxygen atoms in total. The van der Waals surface area contributed by atoms with Gasteiger partial charge in [0.25, 0.3) is 11.5 Å². The van der Waals surface area contributed by atoms with Crippen LogP contribution in [0, 0.1) is 19.3 Å². The van der Waals surface area contributed by atoms with Gasteiger partial charge in [-0.15, -0.1) is 6.42 Å². The van der Waals surface area contributed by atoms with Crippen LogP contribution in [-0.4, -0.2) is 26.9 Å². The molecule has 0 saturated heterocycles. The van der Waals surface area contributed by atoms with E-state index in [9.17, 15) is 22.8 Å². The largest absolute Gasteiger partial charge is 0.416 e. The van der Waals surface area contributed by atoms with Crippen LogP contribution in [0.5, 0.6) is 0 Å². The zero-order valence-electron chi connectivity index (χ0n) is 19.9. The molecule has 0 fully saturated rings. The fourth-order valence-corrected chi connectivity index (χ4v) is 4.15. The summed E-state index contributed by atoms with van der Waals surface area (Å²) in [6, 6.07) is 11.6. The normalized spacial score (nSPS) is 14.1. The fraction of sp³-hybridized carbons (Fsp3) is 0.296. The van der Waals surface area contributed by atoms with Crippen molar-refractivity contribution in [3.8, 4) is 12.3 Å². The van der Waals surface area contributed by atoms with E-state index in [0.29, 0.717) is 35.3 Å². The lowest BCUT2D eigenvalue weighted by Gasteiger charge is -2.29. The average Bonchev–Trinajstić information content (AvgIpc) is 2.86. The number of benzene rings is 2. The second kappa shape index (κ2) is 9.90. The van der Waals surface area contributed by atoms with E-state index >= 15 is 0 Å². The molecule has 1 aromatic heterocycles. The molecule has 2 heterocycles. The number of hydrogen-bond acceptors (Lipinski definition) is 4. The van der Waals surface area contributed by atoms with Crippen molar-refractivity contribution >= 4 is 11.9 Å². The number of nitrogens with one attached hydrogen (secondary N) is 1. The van der Waals surface area contributed by atoms with Gasteiger partial charge in [0.15, 0.2) is 0 Å². The van der Waals surface area contributed by atoms with Crippen LogP contribution in [0.25, 0.3) is 0 Å². The number of aryl methyl sites for hydroxylation is 1. The zero-order chi connectivity index (χ0) is 26.0. The van der Waals surface area contributed by atoms with Crippen LogP contribution in [0.1, 0.15) is 51.3 Å². The van der Waals surface area contributed by atoms with E-state index in [4.69, 9.17) is 6.42 Å². The van der Waals surface area contributed by atoms with Gasteiger partial charge in [-0.05, 0) is 43.7 Å². The van der Waals surface area contributed by atoms with Crippen molar-refractivity contribution in [2.45, 2.75) is 45.6 Å². The minimum atomic E-state index is -4.42. The van der Waals surface area contributed by atoms with Crippen LogP contribution >= 0.6 is 0 Å². The Labute approximate surface area is 206 Å². The van der Waals surface area contributed by atoms with Crippen LogP contribution in [0.2, 0.25) is 0 Å². The molecule has 1 atom stereocenters. The van der Waals surface area contributed by atoms with Crippen LogP contribution in [0.3, 0.4) is 0 Å². The molecule has 3 aromatic rings. The Hall–Kier alpha value is -4.06. The van der Waals surface area contributed by atoms with E-state index in [1.807, 2.05) is 19.1 Å². The maximum Gasteiger partial charge on any atom is 0.416 e. The number of alkyl halides is 3. The van der Waals surface area contributed by atoms with E-state index < -0.39 is 17.8 Å². The average molecular weight is 495 g/mol. The quantitative estimate of drug-likeness (QED) is 0.528. The van der Waals surface area contributed by atoms with Gasteiger partial charge in [-0.3, -0.25) is 14.2 Å². The number of carbonyl (C=O) groups excluding carboxylic acids is 1. The Bertz CT molecular complexity index is 1370. The molecule has 1 N–H and O–H groups in total. The lowest BCUT2D eigenvalue weighted by Crippen LogP contribution is -2.41. The summed E-state index contributed by atoms with van der Waals surface area (Å²) in [6.45, 7) is 4.17. The van der Waals surface area contributed by atoms with Crippen molar-refractivity contribution < 1.29 is 18.0 Å². The van der Waals surface area contributed by atoms with Crippen LogP contribution < -0.4 is 10.9 Å². The Kier molecular flexibility index (Phi) is 6.88. The Balaban J connectivity index is 1.60. The van der Waals surface area contributed by atoms with Gasteiger partial charge in [0.05, 0.1) is 36.0 Å². The summed E-state index contributed by atoms with van der Waals surface area (Å²) in [5.41, 5.74) is 2.08. The second-order valence-corrected chi connectivity index (χ2v) is 8.78. The maximum absolute atomic E-state index is 13.4. The number of terminal acetylenes is 1. The summed E-state index contributed by atoms with van der Waals surface area (Å²) in [4.78, 5) is 32.6. The number of rotatable bonds is 5. The molecule has 1 amide bonds. The lowest BCUT2D eigenvalue weighted by atomic mass is 10.0. The van der Waals surface area contributed by atoms with Crippen molar-refractivity contribution in [1.82, 2.24) is 14.5 Å². The van der Waals surface area contributed by atoms with Gasteiger partial charge in [-0.25, -0.2) is 4.98 Å². The molecule has 2 aromatic carbocycles. The SMILES string of the molecule is C#CCn1c(NC(C)c2ccc(C(F)(F)F)cc2)nc2c(c1=O)CN(C(=O)c1ccc(C)cc1)CC2. The summed E-state index contributed by atoms with van der Waals surface area (Å²) in [6.07, 6.45) is 1.47. The van der Waals surface area contributed by atoms with Gasteiger partial charge in [-0.2, -0.15) is 13.2 Å². The molecule has 0 aliphatic carbocycles. The molecule has 0 saturated carbocycles. The molecular weight excluding hydrogens is 469 g/mol. The van der Waals surface area contributed by atoms with Crippen molar-refractivity contribution in [3.05, 3.63) is 92.4 Å². The predicted molar refractivity (Wildman–Crippen MR) is 130 cm³/mol. The van der Waals surface area contributed by atoms with Crippen LogP contribution in [0.4, 0.5) is 19.1 Å². The highest BCUT2D eigenvalue weighted by Gasteiger charge is 2.30. The summed E-state index contributed by atoms with van der Waals surface area (Å²) in [5, 5.41) is 3.12. The van der Waals surface area contributed by atoms with E-state index in [2.05, 4.69) is 16.2 Å². The van der Waals surface area contributed by atoms with E-state index in [1.54, 1.807) is 24.0 Å². The monoisotopic (exact) mass is 494 g/mol. The van der Waals surface area contributed by atoms with Gasteiger partial charge in [0.2, 0.25) is 5.95 Å². The maximum atomic E-state index is 13.4. The van der Waals surface area contributed by atoms with Crippen molar-refractivity contribution in [3.63, 3.8) is 0 Å². The first-order chi connectivity index (χ1) is 17.1. The number of halogens is 3. The van der Waals surface area contributed by atoms with Gasteiger partial charge in [-0.1, -0.05) is 35.7 Å². The van der Waals surface area contributed by atoms with Crippen molar-refractivity contribution in [2.24, 2.45) is 0 Å². The minimum absolute atomic E-state index is 0.0485. The first-order valence-corrected chi connectivity index (χ1v) is 11.4. The summed E-state index contributed by atoms with van der Waals surface area (Å²) in [5.74, 6) is 2.52. The van der Waals surface area contributed by atoms with Crippen molar-refractivity contribution in [2.75, 3.05) is 11.9 Å². The molecule has 1 aliphatic heterocycles. The Morgan fingerprint density at radius 3 is 2.44 bits per heavy atom. The topological polar surface area (TPSA) is 67.2 Å². The number of aromatic nitrogens is 2. The lowest BCUT2D eigenvalue weighted by molar-refractivity contribution is -0.137. The van der Waals surface area contributed by atoms with E-state index in [1.165, 1.54) is 16.7 Å². The number of carbonyl (C=O) groups is 1. The van der Waals surface area contributed by atoms with Crippen LogP contribution in [0.15, 0.2) is 53.3 Å².